The van der Waals surface area contributed by atoms with E-state index in [2.05, 4.69) is 33.4 Å². The largest absolute Gasteiger partial charge is 1.00 e. The highest BCUT2D eigenvalue weighted by Gasteiger charge is 2.24. The first-order valence-electron chi connectivity index (χ1n) is 12.9. The summed E-state index contributed by atoms with van der Waals surface area (Å²) in [6.45, 7) is 11.2. The molecule has 0 unspecified atom stereocenters. The number of quaternary nitrogens is 1. The first-order chi connectivity index (χ1) is 13.2. The second kappa shape index (κ2) is 26.0. The Balaban J connectivity index is -0.00000338. The summed E-state index contributed by atoms with van der Waals surface area (Å²) >= 11 is 0. The van der Waals surface area contributed by atoms with Gasteiger partial charge in [-0.1, -0.05) is 142 Å². The number of rotatable bonds is 22. The number of hydrogen-bond donors (Lipinski definition) is 1. The van der Waals surface area contributed by atoms with Crippen LogP contribution in [0.3, 0.4) is 0 Å². The second-order valence-electron chi connectivity index (χ2n) is 9.12. The Morgan fingerprint density at radius 2 is 0.724 bits per heavy atom. The first-order valence-corrected chi connectivity index (χ1v) is 12.9. The molecule has 178 valence electrons. The van der Waals surface area contributed by atoms with Crippen molar-refractivity contribution in [2.45, 2.75) is 156 Å². The summed E-state index contributed by atoms with van der Waals surface area (Å²) in [6.07, 6.45) is 32.1. The molecule has 0 fully saturated rings. The number of hydrogen-bond acceptors (Lipinski definition) is 0. The Bertz CT molecular complexity index is 262. The van der Waals surface area contributed by atoms with Crippen molar-refractivity contribution in [3.63, 3.8) is 0 Å². The number of unbranched alkanes of at least 4 members (excludes halogenated alkanes) is 15. The summed E-state index contributed by atoms with van der Waals surface area (Å²) in [7, 11) is 0. The van der Waals surface area contributed by atoms with Crippen LogP contribution in [0.5, 0.6) is 0 Å². The summed E-state index contributed by atoms with van der Waals surface area (Å²) in [5.74, 6) is 0. The van der Waals surface area contributed by atoms with E-state index in [1.165, 1.54) is 135 Å². The van der Waals surface area contributed by atoms with E-state index in [1.807, 2.05) is 0 Å². The van der Waals surface area contributed by atoms with Crippen LogP contribution in [0.2, 0.25) is 0 Å². The van der Waals surface area contributed by atoms with Gasteiger partial charge in [0.2, 0.25) is 0 Å². The Morgan fingerprint density at radius 3 is 0.966 bits per heavy atom. The van der Waals surface area contributed by atoms with Crippen LogP contribution in [0.1, 0.15) is 156 Å². The molecule has 0 rings (SSSR count). The van der Waals surface area contributed by atoms with E-state index in [4.69, 9.17) is 0 Å². The average Bonchev–Trinajstić information content (AvgIpc) is 2.69. The number of halogens is 1. The van der Waals surface area contributed by atoms with Crippen molar-refractivity contribution < 1.29 is 12.4 Å². The van der Waals surface area contributed by atoms with Crippen molar-refractivity contribution >= 4 is 0 Å². The maximum absolute atomic E-state index is 4.32. The van der Waals surface area contributed by atoms with E-state index in [0.717, 1.165) is 0 Å². The predicted octanol–water partition coefficient (Wildman–Crippen LogP) is 7.79. The smallest absolute Gasteiger partial charge is 0.0121 e. The highest BCUT2D eigenvalue weighted by molar-refractivity contribution is 4.94. The average molecular weight is 432 g/mol. The Hall–Kier alpha value is -0.0100. The highest BCUT2D eigenvalue weighted by atomic mass is 35.5. The van der Waals surface area contributed by atoms with Crippen molar-refractivity contribution in [2.75, 3.05) is 0 Å². The van der Waals surface area contributed by atoms with Crippen molar-refractivity contribution in [3.05, 3.63) is 12.7 Å². The molecule has 2 heteroatoms. The van der Waals surface area contributed by atoms with Gasteiger partial charge in [-0.3, -0.25) is 0 Å². The van der Waals surface area contributed by atoms with E-state index < -0.39 is 0 Å². The number of allylic oxidation sites excluding steroid dienone is 1. The molecule has 0 bridgehead atoms. The third-order valence-corrected chi connectivity index (χ3v) is 6.52. The molecule has 0 saturated carbocycles. The zero-order chi connectivity index (χ0) is 20.1. The second-order valence-corrected chi connectivity index (χ2v) is 9.12. The van der Waals surface area contributed by atoms with Gasteiger partial charge in [0.15, 0.2) is 0 Å². The Kier molecular flexibility index (Phi) is 30.2. The molecule has 4 N–H and O–H groups in total. The molecule has 0 aliphatic rings. The van der Waals surface area contributed by atoms with Gasteiger partial charge in [0, 0.05) is 0 Å². The minimum absolute atomic E-state index is 0. The molecule has 29 heavy (non-hydrogen) atoms. The molecule has 0 aromatic heterocycles. The third kappa shape index (κ3) is 21.0. The summed E-state index contributed by atoms with van der Waals surface area (Å²) in [5, 5.41) is 0. The summed E-state index contributed by atoms with van der Waals surface area (Å²) in [6, 6.07) is 0. The van der Waals surface area contributed by atoms with E-state index in [-0.39, 0.29) is 18.6 Å². The van der Waals surface area contributed by atoms with Crippen LogP contribution in [0.25, 0.3) is 0 Å². The van der Waals surface area contributed by atoms with Gasteiger partial charge in [-0.25, -0.2) is 0 Å². The Labute approximate surface area is 192 Å². The quantitative estimate of drug-likeness (QED) is 0.134. The zero-order valence-corrected chi connectivity index (χ0v) is 21.8. The molecule has 0 spiro atoms. The van der Waals surface area contributed by atoms with Gasteiger partial charge >= 0.3 is 0 Å². The van der Waals surface area contributed by atoms with Gasteiger partial charge in [-0.05, 0) is 24.7 Å². The van der Waals surface area contributed by atoms with Crippen LogP contribution >= 0.6 is 0 Å². The van der Waals surface area contributed by atoms with Gasteiger partial charge in [0.25, 0.3) is 0 Å². The van der Waals surface area contributed by atoms with Crippen LogP contribution in [-0.2, 0) is 0 Å². The molecule has 0 aromatic carbocycles. The standard InChI is InChI=1S/C27H54.ClH.H3N/c1-5-9-12-15-18-21-24-27(8-4,25-22-19-16-13-10-6-2)26-23-20-17-14-11-7-3;;/h8H,4-7,9-26H2,1-3H3;1H;1H3. The van der Waals surface area contributed by atoms with Gasteiger partial charge in [-0.2, -0.15) is 0 Å². The molecule has 0 saturated heterocycles. The van der Waals surface area contributed by atoms with Gasteiger partial charge in [-0.15, -0.1) is 6.58 Å². The lowest BCUT2D eigenvalue weighted by Crippen LogP contribution is -3.00. The summed E-state index contributed by atoms with van der Waals surface area (Å²) < 4.78 is 0. The molecular formula is C27H58ClN. The monoisotopic (exact) mass is 431 g/mol. The summed E-state index contributed by atoms with van der Waals surface area (Å²) in [5.41, 5.74) is 0.445. The SMILES string of the molecule is C=CC(CCCCCCCC)(CCCCCCCC)CCCCCCCC.[Cl-].[NH4+]. The molecule has 0 amide bonds. The van der Waals surface area contributed by atoms with Crippen molar-refractivity contribution in [1.29, 1.82) is 0 Å². The lowest BCUT2D eigenvalue weighted by molar-refractivity contribution is -0.00000676. The van der Waals surface area contributed by atoms with E-state index in [9.17, 15) is 0 Å². The Morgan fingerprint density at radius 1 is 0.483 bits per heavy atom. The zero-order valence-electron chi connectivity index (χ0n) is 21.0. The minimum atomic E-state index is 0. The lowest BCUT2D eigenvalue weighted by Gasteiger charge is -2.31. The van der Waals surface area contributed by atoms with Gasteiger partial charge in [0.05, 0.1) is 0 Å². The van der Waals surface area contributed by atoms with E-state index in [1.54, 1.807) is 0 Å². The third-order valence-electron chi connectivity index (χ3n) is 6.52. The van der Waals surface area contributed by atoms with Gasteiger partial charge < -0.3 is 18.6 Å². The molecule has 0 atom stereocenters. The normalized spacial score (nSPS) is 11.0. The molecular weight excluding hydrogens is 374 g/mol. The van der Waals surface area contributed by atoms with Crippen LogP contribution in [-0.4, -0.2) is 0 Å². The fraction of sp³-hybridized carbons (Fsp3) is 0.926. The minimum Gasteiger partial charge on any atom is -1.00 e. The fourth-order valence-corrected chi connectivity index (χ4v) is 4.45. The van der Waals surface area contributed by atoms with Gasteiger partial charge in [0.1, 0.15) is 0 Å². The maximum atomic E-state index is 4.32. The lowest BCUT2D eigenvalue weighted by atomic mass is 9.74. The summed E-state index contributed by atoms with van der Waals surface area (Å²) in [4.78, 5) is 0. The van der Waals surface area contributed by atoms with Crippen molar-refractivity contribution in [3.8, 4) is 0 Å². The highest BCUT2D eigenvalue weighted by Crippen LogP contribution is 2.38. The van der Waals surface area contributed by atoms with E-state index in [0.29, 0.717) is 5.41 Å². The van der Waals surface area contributed by atoms with Crippen molar-refractivity contribution in [2.24, 2.45) is 5.41 Å². The van der Waals surface area contributed by atoms with E-state index >= 15 is 0 Å². The molecule has 0 aromatic rings. The van der Waals surface area contributed by atoms with Crippen LogP contribution < -0.4 is 18.6 Å². The topological polar surface area (TPSA) is 36.5 Å². The molecule has 0 aliphatic heterocycles. The maximum Gasteiger partial charge on any atom is -0.0121 e. The molecule has 0 heterocycles. The fourth-order valence-electron chi connectivity index (χ4n) is 4.45. The van der Waals surface area contributed by atoms with Crippen LogP contribution in [0.4, 0.5) is 0 Å². The molecule has 0 aliphatic carbocycles. The first kappa shape index (κ1) is 33.6. The van der Waals surface area contributed by atoms with Crippen LogP contribution in [0.15, 0.2) is 12.7 Å². The molecule has 0 radical (unpaired) electrons. The predicted molar refractivity (Wildman–Crippen MR) is 133 cm³/mol. The molecule has 1 nitrogen and oxygen atoms in total. The van der Waals surface area contributed by atoms with Crippen LogP contribution in [0, 0.1) is 5.41 Å². The van der Waals surface area contributed by atoms with Crippen molar-refractivity contribution in [1.82, 2.24) is 6.15 Å².